The van der Waals surface area contributed by atoms with Gasteiger partial charge in [0.05, 0.1) is 14.2 Å². The fraction of sp³-hybridized carbons (Fsp3) is 0.300. The predicted octanol–water partition coefficient (Wildman–Crippen LogP) is 2.59. The van der Waals surface area contributed by atoms with E-state index in [-0.39, 0.29) is 17.2 Å². The van der Waals surface area contributed by atoms with Crippen LogP contribution in [0.4, 0.5) is 0 Å². The number of methoxy groups -OCH3 is 2. The van der Waals surface area contributed by atoms with Gasteiger partial charge in [-0.25, -0.2) is 0 Å². The summed E-state index contributed by atoms with van der Waals surface area (Å²) in [6.45, 7) is 0.361. The van der Waals surface area contributed by atoms with Crippen LogP contribution in [0, 0.1) is 0 Å². The monoisotopic (exact) mass is 384 g/mol. The van der Waals surface area contributed by atoms with Gasteiger partial charge in [-0.3, -0.25) is 9.59 Å². The van der Waals surface area contributed by atoms with Crippen LogP contribution in [0.15, 0.2) is 42.5 Å². The minimum Gasteiger partial charge on any atom is -0.493 e. The number of ether oxygens (including phenoxy) is 2. The standard InChI is InChI=1S/C20H20N2O4S/c1-25-16-8-7-12(9-17(16)26-2)10-21-18(23)15-11-27-20-14-6-4-3-5-13(14)19(24)22(15)20/h3-9,15,20H,10-11H2,1-2H3,(H,21,23)/t15-,20?/m0/s1. The molecule has 2 aliphatic rings. The molecule has 0 aliphatic carbocycles. The third kappa shape index (κ3) is 3.02. The lowest BCUT2D eigenvalue weighted by molar-refractivity contribution is -0.124. The Morgan fingerprint density at radius 3 is 2.74 bits per heavy atom. The van der Waals surface area contributed by atoms with Crippen LogP contribution < -0.4 is 14.8 Å². The molecule has 1 saturated heterocycles. The molecule has 0 aromatic heterocycles. The van der Waals surface area contributed by atoms with E-state index in [1.807, 2.05) is 42.5 Å². The molecule has 1 fully saturated rings. The maximum Gasteiger partial charge on any atom is 0.256 e. The maximum atomic E-state index is 12.8. The van der Waals surface area contributed by atoms with E-state index < -0.39 is 6.04 Å². The highest BCUT2D eigenvalue weighted by Crippen LogP contribution is 2.48. The molecule has 1 unspecified atom stereocenters. The number of carbonyl (C=O) groups is 2. The summed E-state index contributed by atoms with van der Waals surface area (Å²) in [6.07, 6.45) is 0. The van der Waals surface area contributed by atoms with Gasteiger partial charge in [0.15, 0.2) is 11.5 Å². The largest absolute Gasteiger partial charge is 0.493 e. The zero-order valence-electron chi connectivity index (χ0n) is 15.1. The summed E-state index contributed by atoms with van der Waals surface area (Å²) in [4.78, 5) is 27.2. The Bertz CT molecular complexity index is 901. The van der Waals surface area contributed by atoms with Crippen molar-refractivity contribution in [2.45, 2.75) is 18.0 Å². The molecule has 27 heavy (non-hydrogen) atoms. The molecule has 2 heterocycles. The number of amides is 2. The van der Waals surface area contributed by atoms with Crippen LogP contribution in [0.2, 0.25) is 0 Å². The van der Waals surface area contributed by atoms with Crippen molar-refractivity contribution in [1.29, 1.82) is 0 Å². The molecule has 4 rings (SSSR count). The van der Waals surface area contributed by atoms with E-state index in [0.717, 1.165) is 11.1 Å². The Morgan fingerprint density at radius 1 is 1.19 bits per heavy atom. The number of rotatable bonds is 5. The second kappa shape index (κ2) is 7.15. The van der Waals surface area contributed by atoms with Crippen LogP contribution in [-0.2, 0) is 11.3 Å². The summed E-state index contributed by atoms with van der Waals surface area (Å²) in [5.41, 5.74) is 2.61. The number of benzene rings is 2. The smallest absolute Gasteiger partial charge is 0.256 e. The highest BCUT2D eigenvalue weighted by Gasteiger charge is 2.48. The molecule has 2 aromatic carbocycles. The Labute approximate surface area is 161 Å². The van der Waals surface area contributed by atoms with Crippen LogP contribution in [0.3, 0.4) is 0 Å². The molecule has 2 aromatic rings. The molecule has 0 saturated carbocycles. The Balaban J connectivity index is 1.45. The van der Waals surface area contributed by atoms with E-state index in [0.29, 0.717) is 29.4 Å². The zero-order chi connectivity index (χ0) is 19.0. The second-order valence-electron chi connectivity index (χ2n) is 6.41. The van der Waals surface area contributed by atoms with Gasteiger partial charge in [-0.05, 0) is 29.3 Å². The number of carbonyl (C=O) groups excluding carboxylic acids is 2. The summed E-state index contributed by atoms with van der Waals surface area (Å²) in [5, 5.41) is 2.88. The zero-order valence-corrected chi connectivity index (χ0v) is 15.9. The third-order valence-corrected chi connectivity index (χ3v) is 6.21. The third-order valence-electron chi connectivity index (χ3n) is 4.91. The highest BCUT2D eigenvalue weighted by atomic mass is 32.2. The molecular formula is C20H20N2O4S. The molecule has 140 valence electrons. The number of nitrogens with zero attached hydrogens (tertiary/aromatic N) is 1. The minimum atomic E-state index is -0.458. The van der Waals surface area contributed by atoms with E-state index in [4.69, 9.17) is 9.47 Å². The molecule has 0 spiro atoms. The van der Waals surface area contributed by atoms with Gasteiger partial charge in [-0.1, -0.05) is 24.3 Å². The lowest BCUT2D eigenvalue weighted by atomic mass is 10.1. The molecule has 2 amide bonds. The van der Waals surface area contributed by atoms with E-state index in [1.165, 1.54) is 0 Å². The Hall–Kier alpha value is -2.67. The quantitative estimate of drug-likeness (QED) is 0.858. The predicted molar refractivity (Wildman–Crippen MR) is 103 cm³/mol. The summed E-state index contributed by atoms with van der Waals surface area (Å²) in [7, 11) is 3.16. The van der Waals surface area contributed by atoms with Gasteiger partial charge < -0.3 is 19.7 Å². The molecule has 1 N–H and O–H groups in total. The van der Waals surface area contributed by atoms with Gasteiger partial charge in [0.2, 0.25) is 5.91 Å². The summed E-state index contributed by atoms with van der Waals surface area (Å²) in [5.74, 6) is 1.66. The van der Waals surface area contributed by atoms with Gasteiger partial charge in [0.25, 0.3) is 5.91 Å². The van der Waals surface area contributed by atoms with Crippen LogP contribution in [-0.4, -0.2) is 42.7 Å². The van der Waals surface area contributed by atoms with Crippen molar-refractivity contribution in [3.63, 3.8) is 0 Å². The van der Waals surface area contributed by atoms with Crippen LogP contribution in [0.1, 0.15) is 26.9 Å². The molecule has 7 heteroatoms. The van der Waals surface area contributed by atoms with E-state index >= 15 is 0 Å². The first-order valence-electron chi connectivity index (χ1n) is 8.66. The van der Waals surface area contributed by atoms with E-state index in [9.17, 15) is 9.59 Å². The van der Waals surface area contributed by atoms with E-state index in [2.05, 4.69) is 5.32 Å². The van der Waals surface area contributed by atoms with Crippen LogP contribution in [0.25, 0.3) is 0 Å². The van der Waals surface area contributed by atoms with Crippen molar-refractivity contribution in [3.05, 3.63) is 59.2 Å². The first kappa shape index (κ1) is 17.7. The fourth-order valence-corrected chi connectivity index (χ4v) is 5.00. The minimum absolute atomic E-state index is 0.0631. The lowest BCUT2D eigenvalue weighted by Gasteiger charge is -2.22. The number of thioether (sulfide) groups is 1. The fourth-order valence-electron chi connectivity index (χ4n) is 3.54. The first-order chi connectivity index (χ1) is 13.1. The second-order valence-corrected chi connectivity index (χ2v) is 7.52. The average molecular weight is 384 g/mol. The molecule has 2 aliphatic heterocycles. The number of hydrogen-bond acceptors (Lipinski definition) is 5. The van der Waals surface area contributed by atoms with Crippen molar-refractivity contribution >= 4 is 23.6 Å². The molecule has 0 radical (unpaired) electrons. The summed E-state index contributed by atoms with van der Waals surface area (Å²) in [6, 6.07) is 12.6. The average Bonchev–Trinajstić information content (AvgIpc) is 3.26. The van der Waals surface area contributed by atoms with Crippen molar-refractivity contribution in [2.75, 3.05) is 20.0 Å². The molecule has 0 bridgehead atoms. The van der Waals surface area contributed by atoms with Crippen molar-refractivity contribution in [2.24, 2.45) is 0 Å². The normalized spacial score (nSPS) is 20.2. The van der Waals surface area contributed by atoms with Gasteiger partial charge in [0, 0.05) is 17.9 Å². The van der Waals surface area contributed by atoms with Gasteiger partial charge in [-0.15, -0.1) is 11.8 Å². The lowest BCUT2D eigenvalue weighted by Crippen LogP contribution is -2.45. The molecular weight excluding hydrogens is 364 g/mol. The number of fused-ring (bicyclic) bond motifs is 3. The molecule has 2 atom stereocenters. The summed E-state index contributed by atoms with van der Waals surface area (Å²) < 4.78 is 10.5. The van der Waals surface area contributed by atoms with Crippen molar-refractivity contribution in [1.82, 2.24) is 10.2 Å². The number of nitrogens with one attached hydrogen (secondary N) is 1. The number of hydrogen-bond donors (Lipinski definition) is 1. The first-order valence-corrected chi connectivity index (χ1v) is 9.70. The van der Waals surface area contributed by atoms with Crippen LogP contribution in [0.5, 0.6) is 11.5 Å². The highest BCUT2D eigenvalue weighted by molar-refractivity contribution is 7.99. The Kier molecular flexibility index (Phi) is 4.70. The SMILES string of the molecule is COc1ccc(CNC(=O)[C@@H]2CSC3c4ccccc4C(=O)N32)cc1OC. The maximum absolute atomic E-state index is 12.8. The van der Waals surface area contributed by atoms with Crippen LogP contribution >= 0.6 is 11.8 Å². The van der Waals surface area contributed by atoms with Gasteiger partial charge in [-0.2, -0.15) is 0 Å². The van der Waals surface area contributed by atoms with Crippen molar-refractivity contribution < 1.29 is 19.1 Å². The van der Waals surface area contributed by atoms with E-state index in [1.54, 1.807) is 30.9 Å². The molecule has 6 nitrogen and oxygen atoms in total. The Morgan fingerprint density at radius 2 is 1.96 bits per heavy atom. The summed E-state index contributed by atoms with van der Waals surface area (Å²) >= 11 is 1.64. The van der Waals surface area contributed by atoms with Gasteiger partial charge in [0.1, 0.15) is 11.4 Å². The van der Waals surface area contributed by atoms with Gasteiger partial charge >= 0.3 is 0 Å². The topological polar surface area (TPSA) is 67.9 Å². The van der Waals surface area contributed by atoms with Crippen molar-refractivity contribution in [3.8, 4) is 11.5 Å².